The van der Waals surface area contributed by atoms with Gasteiger partial charge in [-0.05, 0) is 61.8 Å². The Balaban J connectivity index is 1.18. The maximum atomic E-state index is 13.4. The lowest BCUT2D eigenvalue weighted by Crippen LogP contribution is -2.55. The van der Waals surface area contributed by atoms with E-state index in [9.17, 15) is 14.7 Å². The molecule has 10 heteroatoms. The number of thiazole rings is 1. The Morgan fingerprint density at radius 1 is 1.21 bits per heavy atom. The smallest absolute Gasteiger partial charge is 0.257 e. The van der Waals surface area contributed by atoms with Gasteiger partial charge in [0.25, 0.3) is 5.91 Å². The average molecular weight is 555 g/mol. The van der Waals surface area contributed by atoms with Gasteiger partial charge in [0.2, 0.25) is 12.7 Å². The van der Waals surface area contributed by atoms with Crippen LogP contribution in [-0.2, 0) is 11.2 Å². The van der Waals surface area contributed by atoms with Crippen molar-refractivity contribution in [3.05, 3.63) is 34.3 Å². The Morgan fingerprint density at radius 3 is 2.72 bits per heavy atom. The minimum atomic E-state index is -0.577. The zero-order valence-electron chi connectivity index (χ0n) is 23.1. The predicted octanol–water partition coefficient (Wildman–Crippen LogP) is 3.59. The number of hydrogen-bond donors (Lipinski definition) is 2. The van der Waals surface area contributed by atoms with E-state index in [2.05, 4.69) is 31.1 Å². The van der Waals surface area contributed by atoms with Gasteiger partial charge < -0.3 is 24.4 Å². The number of rotatable bonds is 4. The molecule has 2 aliphatic carbocycles. The summed E-state index contributed by atoms with van der Waals surface area (Å²) in [6, 6.07) is 5.14. The summed E-state index contributed by atoms with van der Waals surface area (Å²) in [5.74, 6) is 0.875. The number of aliphatic hydroxyl groups excluding tert-OH is 1. The van der Waals surface area contributed by atoms with Gasteiger partial charge in [-0.3, -0.25) is 14.9 Å². The van der Waals surface area contributed by atoms with Gasteiger partial charge in [0.05, 0.1) is 11.8 Å². The quantitative estimate of drug-likeness (QED) is 0.595. The van der Waals surface area contributed by atoms with E-state index < -0.39 is 6.10 Å². The van der Waals surface area contributed by atoms with Crippen LogP contribution < -0.4 is 14.8 Å². The number of piperazine rings is 1. The molecule has 6 rings (SSSR count). The van der Waals surface area contributed by atoms with Gasteiger partial charge in [-0.1, -0.05) is 20.8 Å². The van der Waals surface area contributed by atoms with Crippen LogP contribution >= 0.6 is 11.3 Å². The van der Waals surface area contributed by atoms with Gasteiger partial charge in [-0.15, -0.1) is 11.3 Å². The molecule has 3 heterocycles. The van der Waals surface area contributed by atoms with Crippen LogP contribution in [0.15, 0.2) is 18.2 Å². The molecular formula is C29H38N4O5S. The second kappa shape index (κ2) is 10.1. The van der Waals surface area contributed by atoms with Crippen LogP contribution in [0.3, 0.4) is 0 Å². The Kier molecular flexibility index (Phi) is 6.84. The zero-order valence-corrected chi connectivity index (χ0v) is 23.9. The van der Waals surface area contributed by atoms with Crippen LogP contribution in [0.1, 0.15) is 60.5 Å². The number of nitrogens with one attached hydrogen (secondary N) is 1. The van der Waals surface area contributed by atoms with Gasteiger partial charge >= 0.3 is 0 Å². The first-order valence-electron chi connectivity index (χ1n) is 14.0. The summed E-state index contributed by atoms with van der Waals surface area (Å²) >= 11 is 1.53. The number of ether oxygens (including phenoxy) is 2. The largest absolute Gasteiger partial charge is 0.454 e. The molecule has 4 aliphatic rings. The highest BCUT2D eigenvalue weighted by molar-refractivity contribution is 7.15. The van der Waals surface area contributed by atoms with Gasteiger partial charge in [-0.25, -0.2) is 4.98 Å². The van der Waals surface area contributed by atoms with Crippen molar-refractivity contribution in [2.45, 2.75) is 52.1 Å². The van der Waals surface area contributed by atoms with E-state index in [-0.39, 0.29) is 47.7 Å². The fourth-order valence-electron chi connectivity index (χ4n) is 7.31. The summed E-state index contributed by atoms with van der Waals surface area (Å²) in [6.45, 7) is 9.87. The molecule has 0 spiro atoms. The number of carbonyl (C=O) groups excluding carboxylic acids is 2. The third kappa shape index (κ3) is 4.70. The maximum absolute atomic E-state index is 13.4. The topological polar surface area (TPSA) is 104 Å². The van der Waals surface area contributed by atoms with Crippen LogP contribution in [0.2, 0.25) is 0 Å². The standard InChI is InChI=1S/C29H38N4O5S/c1-16(27(36)33-11-9-32(4)10-12-33)19-7-8-29(3)14-22-24(17(2)23(29)25(19)34)30-28(39-22)31-26(35)18-5-6-20-21(13-18)38-15-37-20/h5-6,13,16-17,19,23,25,34H,7-12,14-15H2,1-4H3,(H,30,31,35)/t16-,17-,19+,23+,25-,29-/m0/s1. The Hall–Kier alpha value is -2.69. The predicted molar refractivity (Wildman–Crippen MR) is 148 cm³/mol. The molecular weight excluding hydrogens is 516 g/mol. The van der Waals surface area contributed by atoms with Crippen LogP contribution in [0.25, 0.3) is 0 Å². The lowest BCUT2D eigenvalue weighted by Gasteiger charge is -2.53. The summed E-state index contributed by atoms with van der Waals surface area (Å²) in [6.07, 6.45) is 2.04. The van der Waals surface area contributed by atoms with Crippen molar-refractivity contribution in [3.8, 4) is 11.5 Å². The molecule has 2 N–H and O–H groups in total. The molecule has 6 atom stereocenters. The minimum absolute atomic E-state index is 0.00556. The van der Waals surface area contributed by atoms with Crippen LogP contribution in [0.5, 0.6) is 11.5 Å². The number of likely N-dealkylation sites (N-methyl/N-ethyl adjacent to an activating group) is 1. The molecule has 1 aromatic heterocycles. The molecule has 2 aromatic rings. The van der Waals surface area contributed by atoms with Crippen LogP contribution in [-0.4, -0.2) is 77.8 Å². The summed E-state index contributed by atoms with van der Waals surface area (Å²) < 4.78 is 10.8. The summed E-state index contributed by atoms with van der Waals surface area (Å²) in [5, 5.41) is 15.3. The van der Waals surface area contributed by atoms with Gasteiger partial charge in [0, 0.05) is 48.5 Å². The molecule has 0 unspecified atom stereocenters. The fraction of sp³-hybridized carbons (Fsp3) is 0.621. The number of aromatic nitrogens is 1. The SMILES string of the molecule is C[C@H](C(=O)N1CCN(C)CC1)[C@H]1CC[C@@]2(C)Cc3sc(NC(=O)c4ccc5c(c4)OCO5)nc3[C@@H](C)[C@@H]2[C@H]1O. The second-order valence-electron chi connectivity index (χ2n) is 12.1. The lowest BCUT2D eigenvalue weighted by molar-refractivity contribution is -0.146. The number of nitrogens with zero attached hydrogens (tertiary/aromatic N) is 3. The molecule has 0 radical (unpaired) electrons. The van der Waals surface area contributed by atoms with E-state index >= 15 is 0 Å². The van der Waals surface area contributed by atoms with Crippen molar-refractivity contribution >= 4 is 28.3 Å². The summed E-state index contributed by atoms with van der Waals surface area (Å²) in [7, 11) is 2.09. The third-order valence-electron chi connectivity index (χ3n) is 9.62. The average Bonchev–Trinajstić information content (AvgIpc) is 3.54. The van der Waals surface area contributed by atoms with E-state index in [1.165, 1.54) is 16.2 Å². The molecule has 2 fully saturated rings. The van der Waals surface area contributed by atoms with E-state index in [1.54, 1.807) is 18.2 Å². The highest BCUT2D eigenvalue weighted by Gasteiger charge is 2.54. The number of anilines is 1. The van der Waals surface area contributed by atoms with Crippen molar-refractivity contribution in [3.63, 3.8) is 0 Å². The molecule has 1 aromatic carbocycles. The van der Waals surface area contributed by atoms with Crippen LogP contribution in [0, 0.1) is 23.2 Å². The monoisotopic (exact) mass is 554 g/mol. The van der Waals surface area contributed by atoms with Crippen molar-refractivity contribution in [1.29, 1.82) is 0 Å². The van der Waals surface area contributed by atoms with Crippen molar-refractivity contribution in [2.75, 3.05) is 45.3 Å². The number of fused-ring (bicyclic) bond motifs is 3. The molecule has 9 nitrogen and oxygen atoms in total. The van der Waals surface area contributed by atoms with E-state index in [4.69, 9.17) is 14.5 Å². The van der Waals surface area contributed by atoms with E-state index in [1.807, 2.05) is 11.8 Å². The number of aliphatic hydroxyl groups is 1. The maximum Gasteiger partial charge on any atom is 0.257 e. The van der Waals surface area contributed by atoms with Crippen LogP contribution in [0.4, 0.5) is 5.13 Å². The first kappa shape index (κ1) is 26.5. The van der Waals surface area contributed by atoms with Crippen molar-refractivity contribution in [1.82, 2.24) is 14.8 Å². The molecule has 0 bridgehead atoms. The fourth-order valence-corrected chi connectivity index (χ4v) is 8.56. The Bertz CT molecular complexity index is 1270. The molecule has 2 amide bonds. The zero-order chi connectivity index (χ0) is 27.5. The molecule has 1 saturated carbocycles. The first-order valence-corrected chi connectivity index (χ1v) is 14.8. The normalized spacial score (nSPS) is 30.8. The number of carbonyl (C=O) groups is 2. The van der Waals surface area contributed by atoms with Gasteiger partial charge in [-0.2, -0.15) is 0 Å². The second-order valence-corrected chi connectivity index (χ2v) is 13.2. The highest BCUT2D eigenvalue weighted by atomic mass is 32.1. The van der Waals surface area contributed by atoms with Crippen molar-refractivity contribution < 1.29 is 24.2 Å². The number of hydrogen-bond acceptors (Lipinski definition) is 8. The third-order valence-corrected chi connectivity index (χ3v) is 10.6. The molecule has 39 heavy (non-hydrogen) atoms. The van der Waals surface area contributed by atoms with E-state index in [0.29, 0.717) is 22.2 Å². The highest BCUT2D eigenvalue weighted by Crippen LogP contribution is 2.57. The summed E-state index contributed by atoms with van der Waals surface area (Å²) in [4.78, 5) is 36.6. The Morgan fingerprint density at radius 2 is 1.95 bits per heavy atom. The molecule has 2 aliphatic heterocycles. The van der Waals surface area contributed by atoms with Gasteiger partial charge in [0.1, 0.15) is 0 Å². The Labute approximate surface area is 233 Å². The summed E-state index contributed by atoms with van der Waals surface area (Å²) in [5.41, 5.74) is 1.36. The lowest BCUT2D eigenvalue weighted by atomic mass is 9.53. The number of amides is 2. The molecule has 1 saturated heterocycles. The molecule has 210 valence electrons. The number of benzene rings is 1. The van der Waals surface area contributed by atoms with Crippen molar-refractivity contribution in [2.24, 2.45) is 23.2 Å². The minimum Gasteiger partial charge on any atom is -0.454 e. The first-order chi connectivity index (χ1) is 18.6. The van der Waals surface area contributed by atoms with Gasteiger partial charge in [0.15, 0.2) is 16.6 Å². The van der Waals surface area contributed by atoms with E-state index in [0.717, 1.165) is 51.1 Å².